The van der Waals surface area contributed by atoms with Crippen LogP contribution in [0.15, 0.2) is 17.3 Å². The van der Waals surface area contributed by atoms with Gasteiger partial charge in [0.25, 0.3) is 0 Å². The number of sulfonamides is 1. The number of nitrogens with zero attached hydrogens (tertiary/aromatic N) is 7. The van der Waals surface area contributed by atoms with Crippen LogP contribution in [0.2, 0.25) is 0 Å². The lowest BCUT2D eigenvalue weighted by Crippen LogP contribution is -2.51. The molecule has 2 saturated heterocycles. The molecule has 16 heteroatoms. The predicted molar refractivity (Wildman–Crippen MR) is 140 cm³/mol. The number of sulfone groups is 1. The van der Waals surface area contributed by atoms with Crippen molar-refractivity contribution < 1.29 is 21.6 Å². The molecule has 2 aromatic heterocycles. The summed E-state index contributed by atoms with van der Waals surface area (Å²) in [4.78, 5) is 23.5. The van der Waals surface area contributed by atoms with Crippen molar-refractivity contribution in [3.05, 3.63) is 18.1 Å². The van der Waals surface area contributed by atoms with E-state index in [1.807, 2.05) is 0 Å². The summed E-state index contributed by atoms with van der Waals surface area (Å²) in [7, 11) is -7.44. The third-order valence-electron chi connectivity index (χ3n) is 6.41. The van der Waals surface area contributed by atoms with E-state index >= 15 is 0 Å². The second kappa shape index (κ2) is 10.6. The van der Waals surface area contributed by atoms with Crippen molar-refractivity contribution in [3.8, 4) is 11.4 Å². The molecule has 0 amide bonds. The predicted octanol–water partition coefficient (Wildman–Crippen LogP) is -0.681. The van der Waals surface area contributed by atoms with Gasteiger partial charge in [-0.05, 0) is 0 Å². The standard InChI is InChI=1S/C21H30N8O5S3/c1-36(30,31)14-37(32,33)29-4-2-27(3-5-29)13-16-10-17-18(35-16)20(28-6-8-34-9-7-28)26-19(25-17)15-11-23-21(22)24-12-15/h11-12,16H,2-10,13-14H2,1H3,(H2,22,23,24). The molecule has 2 fully saturated rings. The minimum atomic E-state index is -3.83. The summed E-state index contributed by atoms with van der Waals surface area (Å²) in [6.45, 7) is 5.19. The number of piperazine rings is 1. The van der Waals surface area contributed by atoms with E-state index in [0.29, 0.717) is 37.7 Å². The van der Waals surface area contributed by atoms with Gasteiger partial charge in [0.2, 0.25) is 16.0 Å². The Bertz CT molecular complexity index is 1340. The number of nitrogens with two attached hydrogens (primary N) is 1. The fourth-order valence-electron chi connectivity index (χ4n) is 4.66. The van der Waals surface area contributed by atoms with E-state index in [4.69, 9.17) is 20.4 Å². The molecule has 1 atom stereocenters. The second-order valence-electron chi connectivity index (χ2n) is 9.38. The molecule has 3 aliphatic heterocycles. The number of nitrogen functional groups attached to an aromatic ring is 1. The Morgan fingerprint density at radius 1 is 1.03 bits per heavy atom. The average Bonchev–Trinajstić information content (AvgIpc) is 3.25. The van der Waals surface area contributed by atoms with Crippen molar-refractivity contribution in [1.82, 2.24) is 29.1 Å². The van der Waals surface area contributed by atoms with Crippen LogP contribution in [0.1, 0.15) is 5.69 Å². The molecule has 5 heterocycles. The lowest BCUT2D eigenvalue weighted by molar-refractivity contribution is 0.122. The van der Waals surface area contributed by atoms with Crippen LogP contribution in [0.25, 0.3) is 11.4 Å². The quantitative estimate of drug-likeness (QED) is 0.445. The largest absolute Gasteiger partial charge is 0.378 e. The van der Waals surface area contributed by atoms with Gasteiger partial charge < -0.3 is 15.4 Å². The highest BCUT2D eigenvalue weighted by molar-refractivity contribution is 8.06. The number of thioether (sulfide) groups is 1. The van der Waals surface area contributed by atoms with Crippen LogP contribution < -0.4 is 10.6 Å². The molecule has 202 valence electrons. The van der Waals surface area contributed by atoms with Gasteiger partial charge in [0, 0.05) is 76.1 Å². The number of anilines is 2. The minimum absolute atomic E-state index is 0.193. The zero-order chi connectivity index (χ0) is 26.2. The molecule has 2 N–H and O–H groups in total. The molecule has 0 spiro atoms. The topological polar surface area (TPSA) is 165 Å². The van der Waals surface area contributed by atoms with Gasteiger partial charge in [0.1, 0.15) is 5.82 Å². The molecule has 5 rings (SSSR count). The normalized spacial score (nSPS) is 21.8. The molecule has 37 heavy (non-hydrogen) atoms. The van der Waals surface area contributed by atoms with E-state index in [1.165, 1.54) is 4.31 Å². The zero-order valence-corrected chi connectivity index (χ0v) is 22.9. The van der Waals surface area contributed by atoms with Crippen molar-refractivity contribution >= 4 is 43.4 Å². The first-order chi connectivity index (χ1) is 17.6. The maximum Gasteiger partial charge on any atom is 0.228 e. The maximum atomic E-state index is 12.4. The Kier molecular flexibility index (Phi) is 7.57. The van der Waals surface area contributed by atoms with E-state index in [2.05, 4.69) is 19.8 Å². The fraction of sp³-hybridized carbons (Fsp3) is 0.619. The summed E-state index contributed by atoms with van der Waals surface area (Å²) >= 11 is 1.76. The number of ether oxygens (including phenoxy) is 1. The number of morpholine rings is 1. The van der Waals surface area contributed by atoms with Crippen LogP contribution in [0.3, 0.4) is 0 Å². The summed E-state index contributed by atoms with van der Waals surface area (Å²) in [6, 6.07) is 0. The average molecular weight is 571 g/mol. The third-order valence-corrected chi connectivity index (χ3v) is 11.8. The molecule has 2 aromatic rings. The van der Waals surface area contributed by atoms with E-state index in [9.17, 15) is 16.8 Å². The minimum Gasteiger partial charge on any atom is -0.378 e. The van der Waals surface area contributed by atoms with Gasteiger partial charge in [-0.25, -0.2) is 36.8 Å². The lowest BCUT2D eigenvalue weighted by Gasteiger charge is -2.34. The molecule has 0 aromatic carbocycles. The molecule has 0 saturated carbocycles. The summed E-state index contributed by atoms with van der Waals surface area (Å²) in [5, 5.41) is -0.612. The van der Waals surface area contributed by atoms with Crippen molar-refractivity contribution in [2.75, 3.05) is 81.0 Å². The van der Waals surface area contributed by atoms with Crippen LogP contribution in [-0.2, 0) is 31.0 Å². The molecular formula is C21H30N8O5S3. The molecule has 3 aliphatic rings. The SMILES string of the molecule is CS(=O)(=O)CS(=O)(=O)N1CCN(CC2Cc3nc(-c4cnc(N)nc4)nc(N4CCOCC4)c3S2)CC1. The number of hydrogen-bond donors (Lipinski definition) is 1. The molecule has 0 bridgehead atoms. The molecule has 13 nitrogen and oxygen atoms in total. The van der Waals surface area contributed by atoms with Crippen LogP contribution in [0, 0.1) is 0 Å². The number of fused-ring (bicyclic) bond motifs is 1. The summed E-state index contributed by atoms with van der Waals surface area (Å²) in [5.41, 5.74) is 7.33. The van der Waals surface area contributed by atoms with Crippen LogP contribution in [-0.4, -0.2) is 122 Å². The second-order valence-corrected chi connectivity index (χ2v) is 15.2. The highest BCUT2D eigenvalue weighted by atomic mass is 32.3. The molecule has 1 unspecified atom stereocenters. The summed E-state index contributed by atoms with van der Waals surface area (Å²) in [6.07, 6.45) is 4.96. The first-order valence-corrected chi connectivity index (χ1v) is 16.5. The lowest BCUT2D eigenvalue weighted by atomic mass is 10.2. The fourth-order valence-corrected chi connectivity index (χ4v) is 9.55. The Labute approximate surface area is 220 Å². The smallest absolute Gasteiger partial charge is 0.228 e. The van der Waals surface area contributed by atoms with E-state index in [1.54, 1.807) is 24.2 Å². The van der Waals surface area contributed by atoms with Crippen molar-refractivity contribution in [2.24, 2.45) is 0 Å². The Hall–Kier alpha value is -2.11. The highest BCUT2D eigenvalue weighted by Crippen LogP contribution is 2.43. The Morgan fingerprint density at radius 2 is 1.70 bits per heavy atom. The van der Waals surface area contributed by atoms with Crippen LogP contribution in [0.5, 0.6) is 0 Å². The molecule has 0 aliphatic carbocycles. The Morgan fingerprint density at radius 3 is 2.35 bits per heavy atom. The van der Waals surface area contributed by atoms with Crippen LogP contribution in [0.4, 0.5) is 11.8 Å². The molecule has 0 radical (unpaired) electrons. The van der Waals surface area contributed by atoms with Crippen LogP contribution >= 0.6 is 11.8 Å². The van der Waals surface area contributed by atoms with E-state index in [0.717, 1.165) is 48.7 Å². The van der Waals surface area contributed by atoms with E-state index < -0.39 is 24.9 Å². The van der Waals surface area contributed by atoms with Gasteiger partial charge in [0.15, 0.2) is 20.7 Å². The van der Waals surface area contributed by atoms with Gasteiger partial charge in [-0.15, -0.1) is 11.8 Å². The monoisotopic (exact) mass is 570 g/mol. The maximum absolute atomic E-state index is 12.4. The van der Waals surface area contributed by atoms with Crippen molar-refractivity contribution in [3.63, 3.8) is 0 Å². The summed E-state index contributed by atoms with van der Waals surface area (Å²) < 4.78 is 54.7. The molecular weight excluding hydrogens is 540 g/mol. The van der Waals surface area contributed by atoms with Gasteiger partial charge >= 0.3 is 0 Å². The third kappa shape index (κ3) is 6.31. The van der Waals surface area contributed by atoms with Gasteiger partial charge in [-0.2, -0.15) is 4.31 Å². The van der Waals surface area contributed by atoms with Crippen molar-refractivity contribution in [1.29, 1.82) is 0 Å². The Balaban J connectivity index is 1.29. The number of rotatable bonds is 7. The highest BCUT2D eigenvalue weighted by Gasteiger charge is 2.34. The first-order valence-electron chi connectivity index (χ1n) is 11.9. The number of hydrogen-bond acceptors (Lipinski definition) is 13. The first kappa shape index (κ1) is 26.5. The van der Waals surface area contributed by atoms with E-state index in [-0.39, 0.29) is 24.3 Å². The van der Waals surface area contributed by atoms with Gasteiger partial charge in [-0.1, -0.05) is 0 Å². The van der Waals surface area contributed by atoms with Gasteiger partial charge in [-0.3, -0.25) is 4.90 Å². The zero-order valence-electron chi connectivity index (χ0n) is 20.5. The summed E-state index contributed by atoms with van der Waals surface area (Å²) in [5.74, 6) is 1.65. The van der Waals surface area contributed by atoms with Gasteiger partial charge in [0.05, 0.1) is 29.4 Å². The van der Waals surface area contributed by atoms with Crippen molar-refractivity contribution in [2.45, 2.75) is 16.6 Å². The number of aromatic nitrogens is 4.